The maximum atomic E-state index is 10.4. The Balaban J connectivity index is 0.00000144. The van der Waals surface area contributed by atoms with Crippen molar-refractivity contribution in [2.45, 2.75) is 38.6 Å². The van der Waals surface area contributed by atoms with Crippen LogP contribution >= 0.6 is 12.4 Å². The Morgan fingerprint density at radius 1 is 1.38 bits per heavy atom. The molecule has 0 aromatic heterocycles. The summed E-state index contributed by atoms with van der Waals surface area (Å²) in [6.07, 6.45) is 4.03. The second-order valence-electron chi connectivity index (χ2n) is 3.54. The van der Waals surface area contributed by atoms with Crippen LogP contribution < -0.4 is 0 Å². The van der Waals surface area contributed by atoms with Gasteiger partial charge in [-0.1, -0.05) is 6.42 Å². The molecule has 0 spiro atoms. The molecule has 0 amide bonds. The summed E-state index contributed by atoms with van der Waals surface area (Å²) in [5, 5.41) is 8.59. The molecule has 1 atom stereocenters. The largest absolute Gasteiger partial charge is 0.481 e. The van der Waals surface area contributed by atoms with Crippen LogP contribution in [0.1, 0.15) is 32.6 Å². The van der Waals surface area contributed by atoms with Gasteiger partial charge in [-0.25, -0.2) is 0 Å². The zero-order valence-electron chi connectivity index (χ0n) is 8.03. The standard InChI is InChI=1S/C9H17NO2.ClH/c1-8(7-9(11)12)10-5-3-2-4-6-10;/h8H,2-7H2,1H3,(H,11,12);1H. The molecule has 0 saturated carbocycles. The smallest absolute Gasteiger partial charge is 0.304 e. The molecule has 1 aliphatic heterocycles. The maximum absolute atomic E-state index is 10.4. The molecule has 1 saturated heterocycles. The predicted molar refractivity (Wildman–Crippen MR) is 54.4 cm³/mol. The fraction of sp³-hybridized carbons (Fsp3) is 0.889. The summed E-state index contributed by atoms with van der Waals surface area (Å²) in [7, 11) is 0. The second kappa shape index (κ2) is 6.22. The molecule has 3 nitrogen and oxygen atoms in total. The third kappa shape index (κ3) is 4.48. The van der Waals surface area contributed by atoms with Crippen LogP contribution in [-0.2, 0) is 4.79 Å². The zero-order valence-corrected chi connectivity index (χ0v) is 8.85. The highest BCUT2D eigenvalue weighted by Gasteiger charge is 2.18. The third-order valence-corrected chi connectivity index (χ3v) is 2.48. The highest BCUT2D eigenvalue weighted by atomic mass is 35.5. The first-order valence-corrected chi connectivity index (χ1v) is 4.66. The number of halogens is 1. The van der Waals surface area contributed by atoms with Crippen LogP contribution in [-0.4, -0.2) is 35.1 Å². The lowest BCUT2D eigenvalue weighted by atomic mass is 10.1. The van der Waals surface area contributed by atoms with Gasteiger partial charge >= 0.3 is 5.97 Å². The number of carbonyl (C=O) groups is 1. The monoisotopic (exact) mass is 207 g/mol. The van der Waals surface area contributed by atoms with Crippen molar-refractivity contribution in [2.24, 2.45) is 0 Å². The first kappa shape index (κ1) is 12.7. The Morgan fingerprint density at radius 3 is 2.38 bits per heavy atom. The topological polar surface area (TPSA) is 40.5 Å². The molecule has 13 heavy (non-hydrogen) atoms. The molecular formula is C9H18ClNO2. The number of carboxylic acids is 1. The third-order valence-electron chi connectivity index (χ3n) is 2.48. The normalized spacial score (nSPS) is 20.4. The van der Waals surface area contributed by atoms with Gasteiger partial charge in [0.2, 0.25) is 0 Å². The molecule has 1 unspecified atom stereocenters. The van der Waals surface area contributed by atoms with Gasteiger partial charge in [-0.2, -0.15) is 0 Å². The molecule has 1 N–H and O–H groups in total. The molecule has 1 rings (SSSR count). The predicted octanol–water partition coefficient (Wildman–Crippen LogP) is 1.76. The molecule has 0 aromatic carbocycles. The van der Waals surface area contributed by atoms with E-state index in [0.29, 0.717) is 0 Å². The summed E-state index contributed by atoms with van der Waals surface area (Å²) in [6.45, 7) is 4.16. The van der Waals surface area contributed by atoms with E-state index in [-0.39, 0.29) is 24.9 Å². The lowest BCUT2D eigenvalue weighted by Gasteiger charge is -2.31. The minimum atomic E-state index is -0.687. The van der Waals surface area contributed by atoms with E-state index in [1.807, 2.05) is 6.92 Å². The molecule has 1 heterocycles. The molecule has 0 radical (unpaired) electrons. The minimum absolute atomic E-state index is 0. The van der Waals surface area contributed by atoms with Gasteiger partial charge in [0.05, 0.1) is 6.42 Å². The molecule has 4 heteroatoms. The first-order valence-electron chi connectivity index (χ1n) is 4.66. The van der Waals surface area contributed by atoms with Crippen molar-refractivity contribution in [3.8, 4) is 0 Å². The fourth-order valence-electron chi connectivity index (χ4n) is 1.74. The lowest BCUT2D eigenvalue weighted by Crippen LogP contribution is -2.38. The number of carboxylic acid groups (broad SMARTS) is 1. The summed E-state index contributed by atoms with van der Waals surface area (Å²) in [6, 6.07) is 0.211. The average Bonchev–Trinajstić information content (AvgIpc) is 2.05. The first-order chi connectivity index (χ1) is 5.70. The van der Waals surface area contributed by atoms with Gasteiger partial charge in [0, 0.05) is 6.04 Å². The van der Waals surface area contributed by atoms with Gasteiger partial charge in [0.15, 0.2) is 0 Å². The number of likely N-dealkylation sites (tertiary alicyclic amines) is 1. The van der Waals surface area contributed by atoms with E-state index in [9.17, 15) is 4.79 Å². The van der Waals surface area contributed by atoms with Gasteiger partial charge in [-0.15, -0.1) is 12.4 Å². The van der Waals surface area contributed by atoms with E-state index in [2.05, 4.69) is 4.90 Å². The van der Waals surface area contributed by atoms with Crippen molar-refractivity contribution < 1.29 is 9.90 Å². The molecule has 1 aliphatic rings. The van der Waals surface area contributed by atoms with Crippen LogP contribution in [0.3, 0.4) is 0 Å². The quantitative estimate of drug-likeness (QED) is 0.767. The van der Waals surface area contributed by atoms with E-state index in [4.69, 9.17) is 5.11 Å². The molecule has 0 aromatic rings. The Bertz CT molecular complexity index is 158. The van der Waals surface area contributed by atoms with Crippen LogP contribution in [0.25, 0.3) is 0 Å². The van der Waals surface area contributed by atoms with Gasteiger partial charge in [-0.3, -0.25) is 4.79 Å². The van der Waals surface area contributed by atoms with E-state index >= 15 is 0 Å². The number of hydrogen-bond donors (Lipinski definition) is 1. The maximum Gasteiger partial charge on any atom is 0.304 e. The summed E-state index contributed by atoms with van der Waals surface area (Å²) in [4.78, 5) is 12.7. The lowest BCUT2D eigenvalue weighted by molar-refractivity contribution is -0.138. The number of piperidine rings is 1. The van der Waals surface area contributed by atoms with Crippen molar-refractivity contribution in [3.63, 3.8) is 0 Å². The Hall–Kier alpha value is -0.280. The number of hydrogen-bond acceptors (Lipinski definition) is 2. The van der Waals surface area contributed by atoms with Crippen molar-refractivity contribution in [2.75, 3.05) is 13.1 Å². The summed E-state index contributed by atoms with van der Waals surface area (Å²) in [5.41, 5.74) is 0. The SMILES string of the molecule is CC(CC(=O)O)N1CCCCC1.Cl. The second-order valence-corrected chi connectivity index (χ2v) is 3.54. The van der Waals surface area contributed by atoms with Crippen molar-refractivity contribution in [3.05, 3.63) is 0 Å². The summed E-state index contributed by atoms with van der Waals surface area (Å²) in [5.74, 6) is -0.687. The van der Waals surface area contributed by atoms with Gasteiger partial charge in [0.1, 0.15) is 0 Å². The van der Waals surface area contributed by atoms with E-state index in [1.54, 1.807) is 0 Å². The van der Waals surface area contributed by atoms with Gasteiger partial charge in [-0.05, 0) is 32.9 Å². The van der Waals surface area contributed by atoms with Crippen molar-refractivity contribution >= 4 is 18.4 Å². The zero-order chi connectivity index (χ0) is 8.97. The fourth-order valence-corrected chi connectivity index (χ4v) is 1.74. The average molecular weight is 208 g/mol. The van der Waals surface area contributed by atoms with E-state index in [1.165, 1.54) is 19.3 Å². The van der Waals surface area contributed by atoms with Crippen LogP contribution in [0.5, 0.6) is 0 Å². The Morgan fingerprint density at radius 2 is 1.92 bits per heavy atom. The summed E-state index contributed by atoms with van der Waals surface area (Å²) >= 11 is 0. The number of rotatable bonds is 3. The molecule has 1 fully saturated rings. The van der Waals surface area contributed by atoms with Crippen LogP contribution in [0.2, 0.25) is 0 Å². The van der Waals surface area contributed by atoms with E-state index in [0.717, 1.165) is 13.1 Å². The molecule has 0 aliphatic carbocycles. The van der Waals surface area contributed by atoms with Crippen molar-refractivity contribution in [1.82, 2.24) is 4.90 Å². The minimum Gasteiger partial charge on any atom is -0.481 e. The Labute approximate surface area is 85.5 Å². The van der Waals surface area contributed by atoms with Crippen LogP contribution in [0, 0.1) is 0 Å². The van der Waals surface area contributed by atoms with Crippen molar-refractivity contribution in [1.29, 1.82) is 0 Å². The molecular weight excluding hydrogens is 190 g/mol. The Kier molecular flexibility index (Phi) is 6.08. The van der Waals surface area contributed by atoms with Gasteiger partial charge in [0.25, 0.3) is 0 Å². The van der Waals surface area contributed by atoms with Crippen LogP contribution in [0.15, 0.2) is 0 Å². The number of aliphatic carboxylic acids is 1. The number of nitrogens with zero attached hydrogens (tertiary/aromatic N) is 1. The highest BCUT2D eigenvalue weighted by molar-refractivity contribution is 5.85. The van der Waals surface area contributed by atoms with E-state index < -0.39 is 5.97 Å². The summed E-state index contributed by atoms with van der Waals surface area (Å²) < 4.78 is 0. The molecule has 78 valence electrons. The highest BCUT2D eigenvalue weighted by Crippen LogP contribution is 2.13. The van der Waals surface area contributed by atoms with Gasteiger partial charge < -0.3 is 10.0 Å². The molecule has 0 bridgehead atoms. The van der Waals surface area contributed by atoms with Crippen LogP contribution in [0.4, 0.5) is 0 Å².